The molecule has 1 aromatic carbocycles. The third kappa shape index (κ3) is 6.38. The predicted molar refractivity (Wildman–Crippen MR) is 152 cm³/mol. The Balaban J connectivity index is 1.83. The summed E-state index contributed by atoms with van der Waals surface area (Å²) in [6.45, 7) is 7.03. The Morgan fingerprint density at radius 1 is 0.902 bits per heavy atom. The number of aromatic nitrogens is 6. The highest BCUT2D eigenvalue weighted by Gasteiger charge is 2.35. The van der Waals surface area contributed by atoms with Crippen molar-refractivity contribution in [3.05, 3.63) is 60.3 Å². The van der Waals surface area contributed by atoms with Gasteiger partial charge in [-0.05, 0) is 51.5 Å². The minimum Gasteiger partial charge on any atom is -0.494 e. The number of para-hydroxylation sites is 1. The molecule has 14 heteroatoms. The zero-order valence-corrected chi connectivity index (χ0v) is 24.7. The van der Waals surface area contributed by atoms with Crippen molar-refractivity contribution in [1.29, 1.82) is 0 Å². The van der Waals surface area contributed by atoms with Crippen molar-refractivity contribution < 1.29 is 27.4 Å². The minimum absolute atomic E-state index is 0.0831. The van der Waals surface area contributed by atoms with Gasteiger partial charge in [-0.25, -0.2) is 13.4 Å². The molecular formula is C27H33N7O6S. The lowest BCUT2D eigenvalue weighted by molar-refractivity contribution is 0.00390. The van der Waals surface area contributed by atoms with E-state index in [0.29, 0.717) is 40.1 Å². The van der Waals surface area contributed by atoms with Gasteiger partial charge in [0.25, 0.3) is 0 Å². The molecule has 0 radical (unpaired) electrons. The summed E-state index contributed by atoms with van der Waals surface area (Å²) in [5, 5.41) is 7.44. The van der Waals surface area contributed by atoms with Gasteiger partial charge in [0, 0.05) is 18.0 Å². The highest BCUT2D eigenvalue weighted by molar-refractivity contribution is 7.93. The molecule has 0 aliphatic heterocycles. The second-order valence-electron chi connectivity index (χ2n) is 9.39. The van der Waals surface area contributed by atoms with Crippen LogP contribution in [0.2, 0.25) is 0 Å². The van der Waals surface area contributed by atoms with Crippen LogP contribution in [0.3, 0.4) is 0 Å². The highest BCUT2D eigenvalue weighted by Crippen LogP contribution is 2.38. The van der Waals surface area contributed by atoms with Crippen LogP contribution in [0.1, 0.15) is 38.1 Å². The van der Waals surface area contributed by atoms with Crippen LogP contribution >= 0.6 is 0 Å². The minimum atomic E-state index is -4.16. The summed E-state index contributed by atoms with van der Waals surface area (Å²) in [6, 6.07) is 7.08. The van der Waals surface area contributed by atoms with Crippen LogP contribution in [0, 0.1) is 6.92 Å². The molecule has 41 heavy (non-hydrogen) atoms. The van der Waals surface area contributed by atoms with Crippen molar-refractivity contribution in [3.8, 4) is 34.5 Å². The molecule has 0 bridgehead atoms. The third-order valence-corrected chi connectivity index (χ3v) is 7.83. The highest BCUT2D eigenvalue weighted by atomic mass is 32.2. The number of ether oxygens (including phenoxy) is 4. The first-order valence-corrected chi connectivity index (χ1v) is 14.3. The summed E-state index contributed by atoms with van der Waals surface area (Å²) in [6.07, 6.45) is 4.91. The topological polar surface area (TPSA) is 152 Å². The number of hydrogen-bond acceptors (Lipinski definition) is 11. The number of nitrogens with zero attached hydrogens (tertiary/aromatic N) is 6. The fourth-order valence-corrected chi connectivity index (χ4v) is 5.26. The number of rotatable bonds is 12. The molecule has 0 amide bonds. The number of aryl methyl sites for hydroxylation is 1. The van der Waals surface area contributed by atoms with Crippen LogP contribution in [0.5, 0.6) is 17.4 Å². The molecule has 3 aromatic heterocycles. The van der Waals surface area contributed by atoms with E-state index in [1.807, 2.05) is 26.8 Å². The van der Waals surface area contributed by atoms with Gasteiger partial charge >= 0.3 is 0 Å². The maximum Gasteiger partial charge on any atom is 0.243 e. The first-order valence-electron chi connectivity index (χ1n) is 12.7. The van der Waals surface area contributed by atoms with Crippen molar-refractivity contribution in [2.24, 2.45) is 0 Å². The Kier molecular flexibility index (Phi) is 9.03. The number of anilines is 1. The van der Waals surface area contributed by atoms with E-state index in [0.717, 1.165) is 5.56 Å². The van der Waals surface area contributed by atoms with Crippen LogP contribution < -0.4 is 18.9 Å². The van der Waals surface area contributed by atoms with Crippen LogP contribution in [-0.4, -0.2) is 70.8 Å². The first-order chi connectivity index (χ1) is 19.6. The quantitative estimate of drug-likeness (QED) is 0.259. The average Bonchev–Trinajstić information content (AvgIpc) is 3.37. The molecule has 4 aromatic rings. The zero-order valence-electron chi connectivity index (χ0n) is 23.9. The Bertz CT molecular complexity index is 1570. The molecule has 0 spiro atoms. The van der Waals surface area contributed by atoms with Gasteiger partial charge in [0.05, 0.1) is 45.5 Å². The Hall–Kier alpha value is -4.30. The van der Waals surface area contributed by atoms with Gasteiger partial charge in [-0.3, -0.25) is 19.3 Å². The molecule has 0 unspecified atom stereocenters. The summed E-state index contributed by atoms with van der Waals surface area (Å²) in [5.41, 5.74) is 2.23. The molecule has 0 saturated heterocycles. The van der Waals surface area contributed by atoms with E-state index in [1.165, 1.54) is 45.2 Å². The number of hydrogen-bond donors (Lipinski definition) is 1. The average molecular weight is 584 g/mol. The maximum atomic E-state index is 13.9. The van der Waals surface area contributed by atoms with Crippen LogP contribution in [0.4, 0.5) is 5.95 Å². The van der Waals surface area contributed by atoms with Gasteiger partial charge in [0.15, 0.2) is 5.82 Å². The molecule has 3 heterocycles. The molecule has 1 N–H and O–H groups in total. The largest absolute Gasteiger partial charge is 0.494 e. The van der Waals surface area contributed by atoms with Crippen LogP contribution in [-0.2, 0) is 14.8 Å². The first kappa shape index (κ1) is 29.7. The van der Waals surface area contributed by atoms with Crippen LogP contribution in [0.15, 0.2) is 49.1 Å². The maximum absolute atomic E-state index is 13.9. The number of sulfonamides is 1. The standard InChI is InChI=1S/C27H33N7O6S/c1-16(2)40-25(20-14-30-23(39-7)15-29-20)18(4)41(35,36)33-27-32-31-26(19-11-17(3)12-28-13-19)34(27)24-21(37-5)9-8-10-22(24)38-6/h8-16,18,25H,1-7H3,(H,32,33)/t18-,25+/m0/s1. The number of pyridine rings is 1. The Morgan fingerprint density at radius 3 is 2.17 bits per heavy atom. The zero-order chi connectivity index (χ0) is 29.7. The summed E-state index contributed by atoms with van der Waals surface area (Å²) >= 11 is 0. The van der Waals surface area contributed by atoms with Crippen molar-refractivity contribution in [2.45, 2.75) is 45.2 Å². The molecular weight excluding hydrogens is 550 g/mol. The molecule has 218 valence electrons. The lowest BCUT2D eigenvalue weighted by Gasteiger charge is -2.26. The molecule has 0 fully saturated rings. The number of benzene rings is 1. The van der Waals surface area contributed by atoms with Crippen molar-refractivity contribution in [3.63, 3.8) is 0 Å². The van der Waals surface area contributed by atoms with E-state index in [2.05, 4.69) is 29.9 Å². The van der Waals surface area contributed by atoms with E-state index < -0.39 is 21.4 Å². The van der Waals surface area contributed by atoms with E-state index in [9.17, 15) is 8.42 Å². The van der Waals surface area contributed by atoms with Crippen LogP contribution in [0.25, 0.3) is 17.1 Å². The van der Waals surface area contributed by atoms with Gasteiger partial charge in [-0.15, -0.1) is 10.2 Å². The van der Waals surface area contributed by atoms with Crippen molar-refractivity contribution in [2.75, 3.05) is 26.1 Å². The van der Waals surface area contributed by atoms with E-state index in [1.54, 1.807) is 30.6 Å². The molecule has 2 atom stereocenters. The summed E-state index contributed by atoms with van der Waals surface area (Å²) in [4.78, 5) is 12.8. The fourth-order valence-electron chi connectivity index (χ4n) is 4.15. The van der Waals surface area contributed by atoms with E-state index >= 15 is 0 Å². The van der Waals surface area contributed by atoms with Gasteiger partial charge < -0.3 is 18.9 Å². The third-order valence-electron chi connectivity index (χ3n) is 6.14. The monoisotopic (exact) mass is 583 g/mol. The second kappa shape index (κ2) is 12.5. The number of methoxy groups -OCH3 is 3. The van der Waals surface area contributed by atoms with Gasteiger partial charge in [0.2, 0.25) is 21.9 Å². The summed E-state index contributed by atoms with van der Waals surface area (Å²) < 4.78 is 54.3. The van der Waals surface area contributed by atoms with Gasteiger partial charge in [0.1, 0.15) is 28.5 Å². The smallest absolute Gasteiger partial charge is 0.243 e. The fraction of sp³-hybridized carbons (Fsp3) is 0.370. The van der Waals surface area contributed by atoms with Crippen molar-refractivity contribution in [1.82, 2.24) is 29.7 Å². The lowest BCUT2D eigenvalue weighted by Crippen LogP contribution is -2.34. The molecule has 13 nitrogen and oxygen atoms in total. The summed E-state index contributed by atoms with van der Waals surface area (Å²) in [5.74, 6) is 1.36. The lowest BCUT2D eigenvalue weighted by atomic mass is 10.2. The molecule has 0 aliphatic rings. The molecule has 4 rings (SSSR count). The Labute approximate surface area is 239 Å². The second-order valence-corrected chi connectivity index (χ2v) is 11.4. The van der Waals surface area contributed by atoms with Gasteiger partial charge in [-0.2, -0.15) is 0 Å². The van der Waals surface area contributed by atoms with E-state index in [4.69, 9.17) is 18.9 Å². The normalized spacial score (nSPS) is 13.1. The molecule has 0 aliphatic carbocycles. The van der Waals surface area contributed by atoms with E-state index in [-0.39, 0.29) is 12.1 Å². The molecule has 0 saturated carbocycles. The van der Waals surface area contributed by atoms with Gasteiger partial charge in [-0.1, -0.05) is 6.07 Å². The Morgan fingerprint density at radius 2 is 1.61 bits per heavy atom. The van der Waals surface area contributed by atoms with Crippen molar-refractivity contribution >= 4 is 16.0 Å². The predicted octanol–water partition coefficient (Wildman–Crippen LogP) is 3.75. The SMILES string of the molecule is COc1cnc([C@H](OC(C)C)[C@H](C)S(=O)(=O)Nc2nnc(-c3cncc(C)c3)n2-c2c(OC)cccc2OC)cn1. The number of nitrogens with one attached hydrogen (secondary N) is 1. The summed E-state index contributed by atoms with van der Waals surface area (Å²) in [7, 11) is 0.318.